The van der Waals surface area contributed by atoms with E-state index in [-0.39, 0.29) is 11.6 Å². The van der Waals surface area contributed by atoms with Gasteiger partial charge in [0.25, 0.3) is 0 Å². The van der Waals surface area contributed by atoms with Gasteiger partial charge in [-0.1, -0.05) is 36.4 Å². The molecule has 0 saturated carbocycles. The van der Waals surface area contributed by atoms with Crippen LogP contribution in [0.3, 0.4) is 0 Å². The van der Waals surface area contributed by atoms with Gasteiger partial charge in [-0.25, -0.2) is 13.4 Å². The molecule has 0 radical (unpaired) electrons. The van der Waals surface area contributed by atoms with E-state index < -0.39 is 10.0 Å². The first kappa shape index (κ1) is 19.2. The smallest absolute Gasteiger partial charge is 0.243 e. The quantitative estimate of drug-likeness (QED) is 0.448. The van der Waals surface area contributed by atoms with Gasteiger partial charge in [-0.15, -0.1) is 0 Å². The minimum Gasteiger partial charge on any atom is -0.445 e. The number of nitrogens with zero attached hydrogens (tertiary/aromatic N) is 1. The first-order valence-corrected chi connectivity index (χ1v) is 9.76. The highest BCUT2D eigenvalue weighted by Gasteiger charge is 2.21. The fourth-order valence-electron chi connectivity index (χ4n) is 2.51. The number of nitrogens with one attached hydrogen (secondary N) is 1. The highest BCUT2D eigenvalue weighted by atomic mass is 32.2. The zero-order chi connectivity index (χ0) is 19.1. The van der Waals surface area contributed by atoms with Crippen molar-refractivity contribution in [2.45, 2.75) is 4.90 Å². The van der Waals surface area contributed by atoms with E-state index in [1.165, 1.54) is 12.5 Å². The number of oxazole rings is 1. The Morgan fingerprint density at radius 1 is 1.07 bits per heavy atom. The molecule has 0 spiro atoms. The summed E-state index contributed by atoms with van der Waals surface area (Å²) < 4.78 is 43.7. The Labute approximate surface area is 158 Å². The maximum atomic E-state index is 12.9. The number of hydrogen-bond donors (Lipinski definition) is 1. The Morgan fingerprint density at radius 2 is 1.89 bits per heavy atom. The molecule has 3 aromatic rings. The van der Waals surface area contributed by atoms with Crippen LogP contribution in [0.5, 0.6) is 0 Å². The molecule has 0 unspecified atom stereocenters. The minimum atomic E-state index is -3.83. The van der Waals surface area contributed by atoms with E-state index in [4.69, 9.17) is 13.9 Å². The first-order valence-electron chi connectivity index (χ1n) is 8.27. The number of benzene rings is 2. The molecule has 1 aromatic heterocycles. The maximum absolute atomic E-state index is 12.9. The predicted octanol–water partition coefficient (Wildman–Crippen LogP) is 2.91. The lowest BCUT2D eigenvalue weighted by Crippen LogP contribution is -2.27. The van der Waals surface area contributed by atoms with E-state index in [0.717, 1.165) is 5.56 Å². The highest BCUT2D eigenvalue weighted by molar-refractivity contribution is 7.89. The molecule has 1 N–H and O–H groups in total. The van der Waals surface area contributed by atoms with E-state index >= 15 is 0 Å². The second kappa shape index (κ2) is 8.92. The van der Waals surface area contributed by atoms with Crippen molar-refractivity contribution in [1.29, 1.82) is 0 Å². The summed E-state index contributed by atoms with van der Waals surface area (Å²) in [7, 11) is -2.28. The second-order valence-electron chi connectivity index (χ2n) is 5.61. The van der Waals surface area contributed by atoms with Crippen LogP contribution in [0.15, 0.2) is 70.3 Å². The third-order valence-corrected chi connectivity index (χ3v) is 5.23. The number of aromatic nitrogens is 1. The lowest BCUT2D eigenvalue weighted by atomic mass is 10.0. The van der Waals surface area contributed by atoms with Crippen LogP contribution >= 0.6 is 0 Å². The molecule has 0 aliphatic rings. The van der Waals surface area contributed by atoms with Crippen molar-refractivity contribution in [3.8, 4) is 22.6 Å². The predicted molar refractivity (Wildman–Crippen MR) is 100 cm³/mol. The Morgan fingerprint density at radius 3 is 2.59 bits per heavy atom. The van der Waals surface area contributed by atoms with Crippen LogP contribution in [0.4, 0.5) is 0 Å². The average molecular weight is 388 g/mol. The Bertz CT molecular complexity index is 957. The minimum absolute atomic E-state index is 0.125. The van der Waals surface area contributed by atoms with Crippen molar-refractivity contribution in [3.05, 3.63) is 61.0 Å². The van der Waals surface area contributed by atoms with Crippen molar-refractivity contribution in [1.82, 2.24) is 9.71 Å². The Balaban J connectivity index is 1.95. The standard InChI is InChI=1S/C19H20N2O5S/c1-24-11-12-25-14-21-27(22,23)18-13-16(19-20-9-10-26-19)7-8-17(18)15-5-3-2-4-6-15/h2-10,13,21H,11-12,14H2,1H3. The van der Waals surface area contributed by atoms with E-state index in [9.17, 15) is 8.42 Å². The van der Waals surface area contributed by atoms with Gasteiger partial charge in [-0.2, -0.15) is 4.72 Å². The maximum Gasteiger partial charge on any atom is 0.243 e. The normalized spacial score (nSPS) is 11.6. The summed E-state index contributed by atoms with van der Waals surface area (Å²) >= 11 is 0. The van der Waals surface area contributed by atoms with Crippen LogP contribution in [0.25, 0.3) is 22.6 Å². The average Bonchev–Trinajstić information content (AvgIpc) is 3.23. The Hall–Kier alpha value is -2.52. The highest BCUT2D eigenvalue weighted by Crippen LogP contribution is 2.31. The first-order chi connectivity index (χ1) is 13.1. The SMILES string of the molecule is COCCOCNS(=O)(=O)c1cc(-c2ncco2)ccc1-c1ccccc1. The van der Waals surface area contributed by atoms with E-state index in [1.807, 2.05) is 30.3 Å². The summed E-state index contributed by atoms with van der Waals surface area (Å²) in [6.07, 6.45) is 2.95. The summed E-state index contributed by atoms with van der Waals surface area (Å²) in [4.78, 5) is 4.21. The number of rotatable bonds is 9. The summed E-state index contributed by atoms with van der Waals surface area (Å²) in [5, 5.41) is 0. The number of hydrogen-bond acceptors (Lipinski definition) is 6. The van der Waals surface area contributed by atoms with E-state index in [2.05, 4.69) is 9.71 Å². The zero-order valence-corrected chi connectivity index (χ0v) is 15.6. The van der Waals surface area contributed by atoms with Gasteiger partial charge in [0.05, 0.1) is 24.3 Å². The topological polar surface area (TPSA) is 90.7 Å². The van der Waals surface area contributed by atoms with Crippen LogP contribution < -0.4 is 4.72 Å². The van der Waals surface area contributed by atoms with Crippen molar-refractivity contribution in [3.63, 3.8) is 0 Å². The molecule has 3 rings (SSSR count). The van der Waals surface area contributed by atoms with Crippen LogP contribution in [0, 0.1) is 0 Å². The largest absolute Gasteiger partial charge is 0.445 e. The van der Waals surface area contributed by atoms with Gasteiger partial charge >= 0.3 is 0 Å². The molecule has 0 atom stereocenters. The van der Waals surface area contributed by atoms with Gasteiger partial charge < -0.3 is 13.9 Å². The monoisotopic (exact) mass is 388 g/mol. The molecule has 0 amide bonds. The molecule has 0 aliphatic heterocycles. The fourth-order valence-corrected chi connectivity index (χ4v) is 3.66. The molecular formula is C19H20N2O5S. The van der Waals surface area contributed by atoms with Gasteiger partial charge in [-0.3, -0.25) is 0 Å². The molecule has 7 nitrogen and oxygen atoms in total. The Kier molecular flexibility index (Phi) is 6.36. The molecule has 0 aliphatic carbocycles. The third kappa shape index (κ3) is 4.81. The molecule has 0 bridgehead atoms. The lowest BCUT2D eigenvalue weighted by molar-refractivity contribution is 0.0688. The summed E-state index contributed by atoms with van der Waals surface area (Å²) in [6.45, 7) is 0.528. The third-order valence-electron chi connectivity index (χ3n) is 3.82. The number of ether oxygens (including phenoxy) is 2. The number of sulfonamides is 1. The van der Waals surface area contributed by atoms with Crippen molar-refractivity contribution >= 4 is 10.0 Å². The molecule has 27 heavy (non-hydrogen) atoms. The molecule has 8 heteroatoms. The van der Waals surface area contributed by atoms with Gasteiger partial charge in [0.1, 0.15) is 13.0 Å². The molecule has 2 aromatic carbocycles. The van der Waals surface area contributed by atoms with Gasteiger partial charge in [0, 0.05) is 18.2 Å². The molecular weight excluding hydrogens is 368 g/mol. The van der Waals surface area contributed by atoms with Gasteiger partial charge in [-0.05, 0) is 17.7 Å². The zero-order valence-electron chi connectivity index (χ0n) is 14.8. The van der Waals surface area contributed by atoms with Gasteiger partial charge in [0.15, 0.2) is 0 Å². The number of methoxy groups -OCH3 is 1. The van der Waals surface area contributed by atoms with Crippen molar-refractivity contribution in [2.24, 2.45) is 0 Å². The fraction of sp³-hybridized carbons (Fsp3) is 0.211. The van der Waals surface area contributed by atoms with Crippen LogP contribution in [-0.4, -0.2) is 40.5 Å². The van der Waals surface area contributed by atoms with Crippen LogP contribution in [0.2, 0.25) is 0 Å². The molecule has 142 valence electrons. The van der Waals surface area contributed by atoms with Crippen molar-refractivity contribution < 1.29 is 22.3 Å². The summed E-state index contributed by atoms with van der Waals surface area (Å²) in [5.41, 5.74) is 1.94. The van der Waals surface area contributed by atoms with E-state index in [0.29, 0.717) is 30.2 Å². The van der Waals surface area contributed by atoms with E-state index in [1.54, 1.807) is 25.3 Å². The van der Waals surface area contributed by atoms with Crippen LogP contribution in [-0.2, 0) is 19.5 Å². The molecule has 0 fully saturated rings. The van der Waals surface area contributed by atoms with Crippen molar-refractivity contribution in [2.75, 3.05) is 27.1 Å². The molecule has 0 saturated heterocycles. The molecule has 1 heterocycles. The van der Waals surface area contributed by atoms with Crippen LogP contribution in [0.1, 0.15) is 0 Å². The summed E-state index contributed by atoms with van der Waals surface area (Å²) in [6, 6.07) is 14.4. The summed E-state index contributed by atoms with van der Waals surface area (Å²) in [5.74, 6) is 0.349. The second-order valence-corrected chi connectivity index (χ2v) is 7.34. The van der Waals surface area contributed by atoms with Gasteiger partial charge in [0.2, 0.25) is 15.9 Å². The lowest BCUT2D eigenvalue weighted by Gasteiger charge is -2.13.